The standard InChI is InChI=1S/C24H16BrN3O7/c25-17-10-16(11-19-22(29)26-27(23(19)30)18-7-2-1-3-8-18)21(20(12-17)28(33)34)35-13-14-5-4-6-15(9-14)24(31)32/h1-12H,13H2,(H,26,29)(H,31,32)/b19-11-. The summed E-state index contributed by atoms with van der Waals surface area (Å²) in [4.78, 5) is 47.8. The summed E-state index contributed by atoms with van der Waals surface area (Å²) < 4.78 is 6.08. The van der Waals surface area contributed by atoms with E-state index >= 15 is 0 Å². The summed E-state index contributed by atoms with van der Waals surface area (Å²) in [6, 6.07) is 17.1. The normalized spacial score (nSPS) is 14.2. The molecule has 2 amide bonds. The van der Waals surface area contributed by atoms with Gasteiger partial charge in [0.2, 0.25) is 5.75 Å². The van der Waals surface area contributed by atoms with Crippen molar-refractivity contribution in [1.29, 1.82) is 0 Å². The van der Waals surface area contributed by atoms with Crippen LogP contribution in [0.25, 0.3) is 6.08 Å². The molecule has 35 heavy (non-hydrogen) atoms. The number of anilines is 1. The summed E-state index contributed by atoms with van der Waals surface area (Å²) >= 11 is 3.21. The minimum absolute atomic E-state index is 0.0352. The van der Waals surface area contributed by atoms with E-state index in [9.17, 15) is 29.6 Å². The summed E-state index contributed by atoms with van der Waals surface area (Å²) in [5.41, 5.74) is 2.90. The van der Waals surface area contributed by atoms with Crippen LogP contribution in [0.15, 0.2) is 76.8 Å². The van der Waals surface area contributed by atoms with Crippen LogP contribution in [0, 0.1) is 10.1 Å². The minimum Gasteiger partial charge on any atom is -0.482 e. The van der Waals surface area contributed by atoms with Gasteiger partial charge in [0.15, 0.2) is 0 Å². The van der Waals surface area contributed by atoms with Gasteiger partial charge in [0.1, 0.15) is 12.2 Å². The first-order chi connectivity index (χ1) is 16.7. The van der Waals surface area contributed by atoms with Crippen LogP contribution in [-0.4, -0.2) is 27.8 Å². The molecule has 0 aliphatic carbocycles. The van der Waals surface area contributed by atoms with Gasteiger partial charge in [-0.05, 0) is 42.0 Å². The molecule has 1 saturated heterocycles. The van der Waals surface area contributed by atoms with Crippen molar-refractivity contribution >= 4 is 51.2 Å². The zero-order valence-electron chi connectivity index (χ0n) is 17.8. The van der Waals surface area contributed by atoms with Crippen molar-refractivity contribution in [3.63, 3.8) is 0 Å². The molecule has 4 rings (SSSR count). The van der Waals surface area contributed by atoms with Crippen molar-refractivity contribution in [2.75, 3.05) is 5.01 Å². The number of halogens is 1. The number of carboxylic acids is 1. The molecular formula is C24H16BrN3O7. The lowest BCUT2D eigenvalue weighted by Gasteiger charge is -2.14. The third kappa shape index (κ3) is 5.04. The number of hydrazine groups is 1. The Labute approximate surface area is 206 Å². The highest BCUT2D eigenvalue weighted by atomic mass is 79.9. The van der Waals surface area contributed by atoms with E-state index in [1.54, 1.807) is 36.4 Å². The molecular weight excluding hydrogens is 522 g/mol. The number of aromatic carboxylic acids is 1. The number of nitro groups is 1. The molecule has 0 aromatic heterocycles. The van der Waals surface area contributed by atoms with Crippen LogP contribution in [0.4, 0.5) is 11.4 Å². The monoisotopic (exact) mass is 537 g/mol. The summed E-state index contributed by atoms with van der Waals surface area (Å²) in [5.74, 6) is -2.61. The summed E-state index contributed by atoms with van der Waals surface area (Å²) in [6.45, 7) is -0.184. The number of hydrogen-bond donors (Lipinski definition) is 2. The smallest absolute Gasteiger partial charge is 0.335 e. The number of carbonyl (C=O) groups excluding carboxylic acids is 2. The third-order valence-electron chi connectivity index (χ3n) is 5.02. The van der Waals surface area contributed by atoms with E-state index < -0.39 is 28.4 Å². The molecule has 0 bridgehead atoms. The number of nitrogens with zero attached hydrogens (tertiary/aromatic N) is 2. The highest BCUT2D eigenvalue weighted by Gasteiger charge is 2.35. The first-order valence-electron chi connectivity index (χ1n) is 10.1. The van der Waals surface area contributed by atoms with E-state index in [-0.39, 0.29) is 29.1 Å². The number of carbonyl (C=O) groups is 3. The predicted molar refractivity (Wildman–Crippen MR) is 129 cm³/mol. The molecule has 1 fully saturated rings. The Bertz CT molecular complexity index is 1390. The molecule has 0 radical (unpaired) electrons. The number of benzene rings is 3. The van der Waals surface area contributed by atoms with Crippen LogP contribution in [0.5, 0.6) is 5.75 Å². The summed E-state index contributed by atoms with van der Waals surface area (Å²) in [7, 11) is 0. The van der Waals surface area contributed by atoms with E-state index in [1.165, 1.54) is 36.4 Å². The van der Waals surface area contributed by atoms with Crippen LogP contribution in [0.1, 0.15) is 21.5 Å². The van der Waals surface area contributed by atoms with Gasteiger partial charge in [0, 0.05) is 16.1 Å². The fourth-order valence-electron chi connectivity index (χ4n) is 3.42. The first-order valence-corrected chi connectivity index (χ1v) is 10.9. The summed E-state index contributed by atoms with van der Waals surface area (Å²) in [6.07, 6.45) is 1.22. The highest BCUT2D eigenvalue weighted by molar-refractivity contribution is 9.10. The van der Waals surface area contributed by atoms with Gasteiger partial charge in [0.05, 0.1) is 16.2 Å². The van der Waals surface area contributed by atoms with Crippen LogP contribution in [0.3, 0.4) is 0 Å². The second kappa shape index (κ2) is 9.77. The van der Waals surface area contributed by atoms with Gasteiger partial charge in [-0.3, -0.25) is 25.1 Å². The van der Waals surface area contributed by atoms with E-state index in [0.29, 0.717) is 15.7 Å². The van der Waals surface area contributed by atoms with Gasteiger partial charge < -0.3 is 9.84 Å². The van der Waals surface area contributed by atoms with Gasteiger partial charge in [-0.15, -0.1) is 0 Å². The quantitative estimate of drug-likeness (QED) is 0.200. The first kappa shape index (κ1) is 23.6. The maximum Gasteiger partial charge on any atom is 0.335 e. The molecule has 10 nitrogen and oxygen atoms in total. The van der Waals surface area contributed by atoms with Crippen LogP contribution < -0.4 is 15.2 Å². The molecule has 1 aliphatic heterocycles. The molecule has 11 heteroatoms. The van der Waals surface area contributed by atoms with Crippen LogP contribution in [0.2, 0.25) is 0 Å². The predicted octanol–water partition coefficient (Wildman–Crippen LogP) is 4.10. The van der Waals surface area contributed by atoms with Crippen molar-refractivity contribution in [2.45, 2.75) is 6.61 Å². The fraction of sp³-hybridized carbons (Fsp3) is 0.0417. The Morgan fingerprint density at radius 2 is 1.86 bits per heavy atom. The largest absolute Gasteiger partial charge is 0.482 e. The van der Waals surface area contributed by atoms with Gasteiger partial charge in [0.25, 0.3) is 11.8 Å². The van der Waals surface area contributed by atoms with Crippen molar-refractivity contribution in [3.05, 3.63) is 104 Å². The molecule has 2 N–H and O–H groups in total. The molecule has 3 aromatic carbocycles. The lowest BCUT2D eigenvalue weighted by Crippen LogP contribution is -2.35. The second-order valence-corrected chi connectivity index (χ2v) is 8.29. The van der Waals surface area contributed by atoms with E-state index in [4.69, 9.17) is 4.74 Å². The zero-order chi connectivity index (χ0) is 25.1. The molecule has 0 saturated carbocycles. The fourth-order valence-corrected chi connectivity index (χ4v) is 3.88. The van der Waals surface area contributed by atoms with E-state index in [0.717, 1.165) is 5.01 Å². The number of ether oxygens (including phenoxy) is 1. The lowest BCUT2D eigenvalue weighted by molar-refractivity contribution is -0.386. The molecule has 0 atom stereocenters. The SMILES string of the molecule is O=C1NN(c2ccccc2)C(=O)/C1=C\c1cc(Br)cc([N+](=O)[O-])c1OCc1cccc(C(=O)O)c1. The Kier molecular flexibility index (Phi) is 6.60. The van der Waals surface area contributed by atoms with Crippen molar-refractivity contribution < 1.29 is 29.2 Å². The Hall–Kier alpha value is -4.51. The topological polar surface area (TPSA) is 139 Å². The van der Waals surface area contributed by atoms with Crippen LogP contribution in [-0.2, 0) is 16.2 Å². The van der Waals surface area contributed by atoms with E-state index in [1.807, 2.05) is 0 Å². The maximum absolute atomic E-state index is 12.9. The molecule has 1 heterocycles. The Morgan fingerprint density at radius 1 is 1.11 bits per heavy atom. The lowest BCUT2D eigenvalue weighted by atomic mass is 10.1. The van der Waals surface area contributed by atoms with E-state index in [2.05, 4.69) is 21.4 Å². The highest BCUT2D eigenvalue weighted by Crippen LogP contribution is 2.37. The third-order valence-corrected chi connectivity index (χ3v) is 5.48. The second-order valence-electron chi connectivity index (χ2n) is 7.37. The number of rotatable bonds is 7. The van der Waals surface area contributed by atoms with Gasteiger partial charge in [-0.1, -0.05) is 46.3 Å². The molecule has 1 aliphatic rings. The van der Waals surface area contributed by atoms with Gasteiger partial charge in [-0.25, -0.2) is 9.80 Å². The average Bonchev–Trinajstić information content (AvgIpc) is 3.12. The number of para-hydroxylation sites is 1. The van der Waals surface area contributed by atoms with Crippen molar-refractivity contribution in [2.24, 2.45) is 0 Å². The number of nitrogens with one attached hydrogen (secondary N) is 1. The Balaban J connectivity index is 1.72. The molecule has 0 spiro atoms. The minimum atomic E-state index is -1.12. The summed E-state index contributed by atoms with van der Waals surface area (Å²) in [5, 5.41) is 22.0. The number of hydrogen-bond acceptors (Lipinski definition) is 6. The Morgan fingerprint density at radius 3 is 2.54 bits per heavy atom. The average molecular weight is 538 g/mol. The number of amides is 2. The van der Waals surface area contributed by atoms with Gasteiger partial charge in [-0.2, -0.15) is 0 Å². The number of carboxylic acid groups (broad SMARTS) is 1. The van der Waals surface area contributed by atoms with Crippen molar-refractivity contribution in [1.82, 2.24) is 5.43 Å². The zero-order valence-corrected chi connectivity index (χ0v) is 19.4. The molecule has 176 valence electrons. The van der Waals surface area contributed by atoms with Crippen LogP contribution >= 0.6 is 15.9 Å². The number of nitro benzene ring substituents is 1. The maximum atomic E-state index is 12.9. The van der Waals surface area contributed by atoms with Gasteiger partial charge >= 0.3 is 11.7 Å². The van der Waals surface area contributed by atoms with Crippen molar-refractivity contribution in [3.8, 4) is 5.75 Å². The molecule has 0 unspecified atom stereocenters. The molecule has 3 aromatic rings.